The minimum atomic E-state index is -1.01. The highest BCUT2D eigenvalue weighted by atomic mass is 16.5. The summed E-state index contributed by atoms with van der Waals surface area (Å²) >= 11 is 0. The van der Waals surface area contributed by atoms with E-state index >= 15 is 0 Å². The smallest absolute Gasteiger partial charge is 0.341 e. The van der Waals surface area contributed by atoms with Gasteiger partial charge in [-0.15, -0.1) is 0 Å². The van der Waals surface area contributed by atoms with E-state index in [4.69, 9.17) is 9.84 Å². The first-order valence-corrected chi connectivity index (χ1v) is 6.74. The Balaban J connectivity index is 1.61. The monoisotopic (exact) mass is 275 g/mol. The van der Waals surface area contributed by atoms with Crippen molar-refractivity contribution in [1.29, 1.82) is 0 Å². The molecule has 5 nitrogen and oxygen atoms in total. The van der Waals surface area contributed by atoms with Crippen molar-refractivity contribution in [1.82, 2.24) is 0 Å². The molecule has 2 fully saturated rings. The summed E-state index contributed by atoms with van der Waals surface area (Å²) in [6, 6.07) is 6.91. The van der Waals surface area contributed by atoms with E-state index in [1.165, 1.54) is 12.8 Å². The molecule has 0 aromatic heterocycles. The average Bonchev–Trinajstić information content (AvgIpc) is 3.36. The number of aliphatic carboxylic acids is 1. The molecule has 1 amide bonds. The summed E-state index contributed by atoms with van der Waals surface area (Å²) in [5.41, 5.74) is 1.16. The Kier molecular flexibility index (Phi) is 2.92. The van der Waals surface area contributed by atoms with Crippen molar-refractivity contribution >= 4 is 17.6 Å². The van der Waals surface area contributed by atoms with Gasteiger partial charge in [0, 0.05) is 18.7 Å². The SMILES string of the molecule is CN(C(=O)C1CC12CC2)c1ccc(OCC(=O)O)cc1. The largest absolute Gasteiger partial charge is 0.482 e. The van der Waals surface area contributed by atoms with Crippen molar-refractivity contribution in [3.05, 3.63) is 24.3 Å². The van der Waals surface area contributed by atoms with Gasteiger partial charge in [-0.25, -0.2) is 4.79 Å². The molecule has 5 heteroatoms. The quantitative estimate of drug-likeness (QED) is 0.891. The van der Waals surface area contributed by atoms with Gasteiger partial charge in [0.2, 0.25) is 5.91 Å². The number of benzene rings is 1. The fourth-order valence-corrected chi connectivity index (χ4v) is 2.68. The molecular weight excluding hydrogens is 258 g/mol. The highest BCUT2D eigenvalue weighted by molar-refractivity contribution is 5.97. The van der Waals surface area contributed by atoms with E-state index in [9.17, 15) is 9.59 Å². The Bertz CT molecular complexity index is 547. The van der Waals surface area contributed by atoms with E-state index in [0.29, 0.717) is 11.2 Å². The highest BCUT2D eigenvalue weighted by Gasteiger charge is 2.66. The molecule has 2 aliphatic rings. The number of anilines is 1. The Morgan fingerprint density at radius 1 is 1.35 bits per heavy atom. The van der Waals surface area contributed by atoms with Crippen LogP contribution in [-0.2, 0) is 9.59 Å². The van der Waals surface area contributed by atoms with E-state index in [0.717, 1.165) is 12.1 Å². The molecule has 2 aliphatic carbocycles. The predicted octanol–water partition coefficient (Wildman–Crippen LogP) is 1.91. The molecule has 1 unspecified atom stereocenters. The number of nitrogens with zero attached hydrogens (tertiary/aromatic N) is 1. The van der Waals surface area contributed by atoms with E-state index in [-0.39, 0.29) is 18.4 Å². The number of amides is 1. The van der Waals surface area contributed by atoms with Gasteiger partial charge in [-0.1, -0.05) is 0 Å². The average molecular weight is 275 g/mol. The molecular formula is C15H17NO4. The van der Waals surface area contributed by atoms with Gasteiger partial charge in [0.1, 0.15) is 5.75 Å². The van der Waals surface area contributed by atoms with E-state index in [1.54, 1.807) is 36.2 Å². The van der Waals surface area contributed by atoms with Crippen molar-refractivity contribution in [3.63, 3.8) is 0 Å². The minimum absolute atomic E-state index is 0.182. The van der Waals surface area contributed by atoms with Crippen LogP contribution in [0.4, 0.5) is 5.69 Å². The Morgan fingerprint density at radius 2 is 2.00 bits per heavy atom. The summed E-state index contributed by atoms with van der Waals surface area (Å²) in [4.78, 5) is 24.4. The van der Waals surface area contributed by atoms with E-state index in [2.05, 4.69) is 0 Å². The second-order valence-corrected chi connectivity index (χ2v) is 5.69. The first-order valence-electron chi connectivity index (χ1n) is 6.74. The van der Waals surface area contributed by atoms with Crippen LogP contribution in [0.2, 0.25) is 0 Å². The van der Waals surface area contributed by atoms with Crippen LogP contribution in [0, 0.1) is 11.3 Å². The van der Waals surface area contributed by atoms with Gasteiger partial charge in [0.15, 0.2) is 6.61 Å². The molecule has 106 valence electrons. The highest BCUT2D eigenvalue weighted by Crippen LogP contribution is 2.70. The Hall–Kier alpha value is -2.04. The number of carbonyl (C=O) groups is 2. The van der Waals surface area contributed by atoms with Gasteiger partial charge in [-0.3, -0.25) is 4.79 Å². The van der Waals surface area contributed by atoms with Gasteiger partial charge in [0.05, 0.1) is 0 Å². The van der Waals surface area contributed by atoms with Gasteiger partial charge in [-0.05, 0) is 48.9 Å². The molecule has 20 heavy (non-hydrogen) atoms. The van der Waals surface area contributed by atoms with Crippen LogP contribution < -0.4 is 9.64 Å². The number of hydrogen-bond acceptors (Lipinski definition) is 3. The minimum Gasteiger partial charge on any atom is -0.482 e. The molecule has 1 atom stereocenters. The van der Waals surface area contributed by atoms with Gasteiger partial charge >= 0.3 is 5.97 Å². The summed E-state index contributed by atoms with van der Waals surface area (Å²) in [7, 11) is 1.78. The van der Waals surface area contributed by atoms with E-state index < -0.39 is 5.97 Å². The molecule has 1 N–H and O–H groups in total. The zero-order valence-corrected chi connectivity index (χ0v) is 11.3. The van der Waals surface area contributed by atoms with Crippen molar-refractivity contribution in [2.75, 3.05) is 18.6 Å². The lowest BCUT2D eigenvalue weighted by atomic mass is 10.2. The molecule has 1 aromatic rings. The van der Waals surface area contributed by atoms with Crippen LogP contribution in [0.5, 0.6) is 5.75 Å². The van der Waals surface area contributed by atoms with Crippen molar-refractivity contribution in [2.24, 2.45) is 11.3 Å². The summed E-state index contributed by atoms with van der Waals surface area (Å²) in [5.74, 6) is -0.135. The summed E-state index contributed by atoms with van der Waals surface area (Å²) < 4.78 is 5.06. The topological polar surface area (TPSA) is 66.8 Å². The fraction of sp³-hybridized carbons (Fsp3) is 0.467. The van der Waals surface area contributed by atoms with Crippen LogP contribution in [0.1, 0.15) is 19.3 Å². The molecule has 0 aliphatic heterocycles. The van der Waals surface area contributed by atoms with Crippen molar-refractivity contribution in [2.45, 2.75) is 19.3 Å². The molecule has 1 spiro atoms. The maximum atomic E-state index is 12.3. The second-order valence-electron chi connectivity index (χ2n) is 5.69. The zero-order valence-electron chi connectivity index (χ0n) is 11.3. The first kappa shape index (κ1) is 13.0. The lowest BCUT2D eigenvalue weighted by molar-refractivity contribution is -0.139. The third-order valence-corrected chi connectivity index (χ3v) is 4.30. The first-order chi connectivity index (χ1) is 9.52. The lowest BCUT2D eigenvalue weighted by Gasteiger charge is -2.17. The molecule has 3 rings (SSSR count). The van der Waals surface area contributed by atoms with E-state index in [1.807, 2.05) is 0 Å². The van der Waals surface area contributed by atoms with Crippen LogP contribution in [0.3, 0.4) is 0 Å². The summed E-state index contributed by atoms with van der Waals surface area (Å²) in [6.45, 7) is -0.362. The number of carbonyl (C=O) groups excluding carboxylic acids is 1. The summed E-state index contributed by atoms with van der Waals surface area (Å²) in [6.07, 6.45) is 3.43. The number of carboxylic acid groups (broad SMARTS) is 1. The number of ether oxygens (including phenoxy) is 1. The molecule has 0 heterocycles. The summed E-state index contributed by atoms with van der Waals surface area (Å²) in [5, 5.41) is 8.54. The maximum absolute atomic E-state index is 12.3. The number of hydrogen-bond donors (Lipinski definition) is 1. The second kappa shape index (κ2) is 4.51. The lowest BCUT2D eigenvalue weighted by Crippen LogP contribution is -2.28. The Morgan fingerprint density at radius 3 is 2.50 bits per heavy atom. The maximum Gasteiger partial charge on any atom is 0.341 e. The fourth-order valence-electron chi connectivity index (χ4n) is 2.68. The van der Waals surface area contributed by atoms with Crippen LogP contribution in [0.25, 0.3) is 0 Å². The van der Waals surface area contributed by atoms with Crippen molar-refractivity contribution < 1.29 is 19.4 Å². The molecule has 0 radical (unpaired) electrons. The van der Waals surface area contributed by atoms with Gasteiger partial charge in [-0.2, -0.15) is 0 Å². The van der Waals surface area contributed by atoms with Crippen molar-refractivity contribution in [3.8, 4) is 5.75 Å². The predicted molar refractivity (Wildman–Crippen MR) is 72.8 cm³/mol. The zero-order chi connectivity index (χ0) is 14.3. The van der Waals surface area contributed by atoms with Crippen LogP contribution >= 0.6 is 0 Å². The number of rotatable bonds is 5. The Labute approximate surface area is 117 Å². The normalized spacial score (nSPS) is 21.4. The molecule has 2 saturated carbocycles. The van der Waals surface area contributed by atoms with Gasteiger partial charge < -0.3 is 14.7 Å². The van der Waals surface area contributed by atoms with Crippen LogP contribution in [-0.4, -0.2) is 30.6 Å². The van der Waals surface area contributed by atoms with Gasteiger partial charge in [0.25, 0.3) is 0 Å². The van der Waals surface area contributed by atoms with Crippen LogP contribution in [0.15, 0.2) is 24.3 Å². The standard InChI is InChI=1S/C15H17NO4/c1-16(14(19)12-8-15(12)6-7-15)10-2-4-11(5-3-10)20-9-13(17)18/h2-5,12H,6-9H2,1H3,(H,17,18). The number of carboxylic acids is 1. The molecule has 0 saturated heterocycles. The molecule has 1 aromatic carbocycles. The third kappa shape index (κ3) is 2.35. The molecule has 0 bridgehead atoms. The third-order valence-electron chi connectivity index (χ3n) is 4.30.